The largest absolute Gasteiger partial charge is 0.467 e. The number of benzene rings is 2. The predicted octanol–water partition coefficient (Wildman–Crippen LogP) is 2.47. The molecule has 6 nitrogen and oxygen atoms in total. The number of anilines is 1. The van der Waals surface area contributed by atoms with E-state index in [1.807, 2.05) is 31.2 Å². The SMILES string of the molecule is COC(=O)[C@@H](Cc1ccc(C)cc1)NC(=O)c1cccc(NC(C)=O)c1. The number of methoxy groups -OCH3 is 1. The number of carbonyl (C=O) groups excluding carboxylic acids is 3. The third-order valence-corrected chi connectivity index (χ3v) is 3.80. The fourth-order valence-corrected chi connectivity index (χ4v) is 2.48. The Kier molecular flexibility index (Phi) is 6.49. The van der Waals surface area contributed by atoms with Crippen molar-refractivity contribution in [3.05, 3.63) is 65.2 Å². The normalized spacial score (nSPS) is 11.3. The summed E-state index contributed by atoms with van der Waals surface area (Å²) in [6.07, 6.45) is 0.323. The van der Waals surface area contributed by atoms with Gasteiger partial charge in [0, 0.05) is 24.6 Å². The third kappa shape index (κ3) is 5.44. The molecule has 2 rings (SSSR count). The topological polar surface area (TPSA) is 84.5 Å². The van der Waals surface area contributed by atoms with E-state index in [-0.39, 0.29) is 5.91 Å². The van der Waals surface area contributed by atoms with Crippen LogP contribution in [0.2, 0.25) is 0 Å². The Bertz CT molecular complexity index is 800. The number of hydrogen-bond donors (Lipinski definition) is 2. The van der Waals surface area contributed by atoms with Gasteiger partial charge in [0.05, 0.1) is 7.11 Å². The van der Waals surface area contributed by atoms with E-state index in [4.69, 9.17) is 4.74 Å². The number of amides is 2. The molecule has 2 aromatic carbocycles. The molecule has 0 unspecified atom stereocenters. The van der Waals surface area contributed by atoms with Crippen molar-refractivity contribution < 1.29 is 19.1 Å². The smallest absolute Gasteiger partial charge is 0.328 e. The van der Waals surface area contributed by atoms with Crippen LogP contribution in [-0.2, 0) is 20.7 Å². The summed E-state index contributed by atoms with van der Waals surface area (Å²) in [5.74, 6) is -1.16. The lowest BCUT2D eigenvalue weighted by molar-refractivity contribution is -0.142. The highest BCUT2D eigenvalue weighted by Gasteiger charge is 2.22. The second kappa shape index (κ2) is 8.80. The van der Waals surface area contributed by atoms with Gasteiger partial charge in [0.15, 0.2) is 0 Å². The van der Waals surface area contributed by atoms with Gasteiger partial charge in [0.2, 0.25) is 5.91 Å². The maximum Gasteiger partial charge on any atom is 0.328 e. The van der Waals surface area contributed by atoms with Gasteiger partial charge in [-0.05, 0) is 30.7 Å². The van der Waals surface area contributed by atoms with Gasteiger partial charge in [-0.1, -0.05) is 35.9 Å². The lowest BCUT2D eigenvalue weighted by atomic mass is 10.0. The molecule has 0 aromatic heterocycles. The van der Waals surface area contributed by atoms with Crippen LogP contribution >= 0.6 is 0 Å². The van der Waals surface area contributed by atoms with Crippen LogP contribution in [0.25, 0.3) is 0 Å². The quantitative estimate of drug-likeness (QED) is 0.781. The Labute approximate surface area is 152 Å². The van der Waals surface area contributed by atoms with Crippen LogP contribution in [0, 0.1) is 6.92 Å². The van der Waals surface area contributed by atoms with Crippen LogP contribution in [0.5, 0.6) is 0 Å². The fourth-order valence-electron chi connectivity index (χ4n) is 2.48. The van der Waals surface area contributed by atoms with Crippen LogP contribution in [0.1, 0.15) is 28.4 Å². The van der Waals surface area contributed by atoms with Gasteiger partial charge in [-0.15, -0.1) is 0 Å². The average molecular weight is 354 g/mol. The van der Waals surface area contributed by atoms with E-state index >= 15 is 0 Å². The zero-order valence-electron chi connectivity index (χ0n) is 15.0. The first-order chi connectivity index (χ1) is 12.4. The summed E-state index contributed by atoms with van der Waals surface area (Å²) in [6.45, 7) is 3.37. The number of carbonyl (C=O) groups is 3. The molecule has 0 saturated heterocycles. The van der Waals surface area contributed by atoms with E-state index in [0.717, 1.165) is 11.1 Å². The molecule has 0 saturated carbocycles. The molecule has 6 heteroatoms. The zero-order valence-corrected chi connectivity index (χ0v) is 15.0. The molecule has 0 spiro atoms. The van der Waals surface area contributed by atoms with Crippen molar-refractivity contribution >= 4 is 23.5 Å². The van der Waals surface area contributed by atoms with Crippen molar-refractivity contribution in [3.63, 3.8) is 0 Å². The first kappa shape index (κ1) is 19.2. The number of hydrogen-bond acceptors (Lipinski definition) is 4. The van der Waals surface area contributed by atoms with Crippen molar-refractivity contribution in [2.75, 3.05) is 12.4 Å². The van der Waals surface area contributed by atoms with E-state index in [9.17, 15) is 14.4 Å². The molecule has 0 heterocycles. The zero-order chi connectivity index (χ0) is 19.1. The molecule has 0 radical (unpaired) electrons. The second-order valence-electron chi connectivity index (χ2n) is 6.00. The minimum atomic E-state index is -0.806. The van der Waals surface area contributed by atoms with E-state index in [2.05, 4.69) is 10.6 Å². The average Bonchev–Trinajstić information content (AvgIpc) is 2.62. The van der Waals surface area contributed by atoms with Crippen LogP contribution < -0.4 is 10.6 Å². The van der Waals surface area contributed by atoms with E-state index in [1.54, 1.807) is 24.3 Å². The van der Waals surface area contributed by atoms with Crippen molar-refractivity contribution in [3.8, 4) is 0 Å². The third-order valence-electron chi connectivity index (χ3n) is 3.80. The Morgan fingerprint density at radius 2 is 1.77 bits per heavy atom. The van der Waals surface area contributed by atoms with E-state index < -0.39 is 17.9 Å². The van der Waals surface area contributed by atoms with E-state index in [1.165, 1.54) is 14.0 Å². The summed E-state index contributed by atoms with van der Waals surface area (Å²) in [7, 11) is 1.29. The highest BCUT2D eigenvalue weighted by atomic mass is 16.5. The monoisotopic (exact) mass is 354 g/mol. The van der Waals surface area contributed by atoms with Crippen molar-refractivity contribution in [2.45, 2.75) is 26.3 Å². The lowest BCUT2D eigenvalue weighted by Gasteiger charge is -2.17. The Morgan fingerprint density at radius 1 is 1.08 bits per heavy atom. The summed E-state index contributed by atoms with van der Waals surface area (Å²) >= 11 is 0. The van der Waals surface area contributed by atoms with Crippen LogP contribution in [0.3, 0.4) is 0 Å². The molecular weight excluding hydrogens is 332 g/mol. The highest BCUT2D eigenvalue weighted by molar-refractivity contribution is 5.98. The second-order valence-corrected chi connectivity index (χ2v) is 6.00. The van der Waals surface area contributed by atoms with Gasteiger partial charge in [-0.3, -0.25) is 9.59 Å². The number of esters is 1. The van der Waals surface area contributed by atoms with E-state index in [0.29, 0.717) is 17.7 Å². The van der Waals surface area contributed by atoms with Gasteiger partial charge >= 0.3 is 5.97 Å². The maximum absolute atomic E-state index is 12.5. The van der Waals surface area contributed by atoms with Crippen molar-refractivity contribution in [1.82, 2.24) is 5.32 Å². The summed E-state index contributed by atoms with van der Waals surface area (Å²) < 4.78 is 4.81. The summed E-state index contributed by atoms with van der Waals surface area (Å²) in [6, 6.07) is 13.4. The first-order valence-corrected chi connectivity index (χ1v) is 8.21. The molecule has 2 N–H and O–H groups in total. The minimum Gasteiger partial charge on any atom is -0.467 e. The van der Waals surface area contributed by atoms with Crippen molar-refractivity contribution in [1.29, 1.82) is 0 Å². The number of ether oxygens (including phenoxy) is 1. The van der Waals surface area contributed by atoms with Crippen molar-refractivity contribution in [2.24, 2.45) is 0 Å². The molecule has 0 aliphatic rings. The minimum absolute atomic E-state index is 0.227. The van der Waals surface area contributed by atoms with Gasteiger partial charge in [0.25, 0.3) is 5.91 Å². The van der Waals surface area contributed by atoms with Crippen LogP contribution in [0.15, 0.2) is 48.5 Å². The molecule has 26 heavy (non-hydrogen) atoms. The van der Waals surface area contributed by atoms with Gasteiger partial charge in [0.1, 0.15) is 6.04 Å². The standard InChI is InChI=1S/C20H22N2O4/c1-13-7-9-15(10-8-13)11-18(20(25)26-3)22-19(24)16-5-4-6-17(12-16)21-14(2)23/h4-10,12,18H,11H2,1-3H3,(H,21,23)(H,22,24)/t18-/m1/s1. The molecule has 2 amide bonds. The molecule has 0 aliphatic carbocycles. The summed E-state index contributed by atoms with van der Waals surface area (Å²) in [4.78, 5) is 35.7. The molecule has 136 valence electrons. The molecule has 1 atom stereocenters. The number of rotatable bonds is 6. The molecule has 2 aromatic rings. The maximum atomic E-state index is 12.5. The number of aryl methyl sites for hydroxylation is 1. The summed E-state index contributed by atoms with van der Waals surface area (Å²) in [5.41, 5.74) is 2.88. The molecule has 0 aliphatic heterocycles. The lowest BCUT2D eigenvalue weighted by Crippen LogP contribution is -2.43. The Hall–Kier alpha value is -3.15. The first-order valence-electron chi connectivity index (χ1n) is 8.21. The number of nitrogens with one attached hydrogen (secondary N) is 2. The molecule has 0 fully saturated rings. The van der Waals surface area contributed by atoms with Gasteiger partial charge in [-0.2, -0.15) is 0 Å². The predicted molar refractivity (Wildman–Crippen MR) is 98.9 cm³/mol. The fraction of sp³-hybridized carbons (Fsp3) is 0.250. The van der Waals surface area contributed by atoms with Gasteiger partial charge in [-0.25, -0.2) is 4.79 Å². The summed E-state index contributed by atoms with van der Waals surface area (Å²) in [5, 5.41) is 5.32. The molecule has 0 bridgehead atoms. The molecular formula is C20H22N2O4. The Morgan fingerprint density at radius 3 is 2.38 bits per heavy atom. The Balaban J connectivity index is 2.14. The highest BCUT2D eigenvalue weighted by Crippen LogP contribution is 2.12. The van der Waals surface area contributed by atoms with Crippen LogP contribution in [-0.4, -0.2) is 30.9 Å². The van der Waals surface area contributed by atoms with Crippen LogP contribution in [0.4, 0.5) is 5.69 Å². The van der Waals surface area contributed by atoms with Gasteiger partial charge < -0.3 is 15.4 Å².